The molecule has 0 bridgehead atoms. The Bertz CT molecular complexity index is 606. The van der Waals surface area contributed by atoms with Crippen molar-refractivity contribution in [3.63, 3.8) is 0 Å². The molecule has 3 rings (SSSR count). The Labute approximate surface area is 113 Å². The molecule has 5 heteroatoms. The van der Waals surface area contributed by atoms with Crippen LogP contribution in [0.4, 0.5) is 0 Å². The molecule has 0 amide bonds. The fourth-order valence-electron chi connectivity index (χ4n) is 1.83. The van der Waals surface area contributed by atoms with Gasteiger partial charge in [0.1, 0.15) is 18.1 Å². The zero-order valence-corrected chi connectivity index (χ0v) is 11.5. The Morgan fingerprint density at radius 1 is 1.44 bits per heavy atom. The van der Waals surface area contributed by atoms with E-state index < -0.39 is 0 Å². The molecule has 0 saturated carbocycles. The summed E-state index contributed by atoms with van der Waals surface area (Å²) in [4.78, 5) is 8.65. The van der Waals surface area contributed by atoms with E-state index in [-0.39, 0.29) is 6.10 Å². The molecule has 92 valence electrons. The van der Waals surface area contributed by atoms with Crippen LogP contribution in [-0.2, 0) is 4.74 Å². The quantitative estimate of drug-likeness (QED) is 0.856. The van der Waals surface area contributed by atoms with Crippen molar-refractivity contribution in [2.24, 2.45) is 4.99 Å². The number of hydrogen-bond donors (Lipinski definition) is 0. The minimum absolute atomic E-state index is 0.149. The van der Waals surface area contributed by atoms with Gasteiger partial charge in [-0.1, -0.05) is 22.0 Å². The first-order valence-corrected chi connectivity index (χ1v) is 6.53. The number of aliphatic imine (C=N–C) groups is 1. The molecule has 1 aliphatic heterocycles. The molecule has 0 N–H and O–H groups in total. The highest BCUT2D eigenvalue weighted by Crippen LogP contribution is 2.17. The number of benzene rings is 1. The normalized spacial score (nSPS) is 18.6. The number of aromatic nitrogens is 2. The first-order chi connectivity index (χ1) is 8.72. The van der Waals surface area contributed by atoms with Gasteiger partial charge in [0, 0.05) is 16.4 Å². The summed E-state index contributed by atoms with van der Waals surface area (Å²) in [5.41, 5.74) is 1.83. The third-order valence-electron chi connectivity index (χ3n) is 2.71. The lowest BCUT2D eigenvalue weighted by molar-refractivity contribution is 0.246. The van der Waals surface area contributed by atoms with Crippen molar-refractivity contribution in [2.45, 2.75) is 13.0 Å². The number of hydrogen-bond acceptors (Lipinski definition) is 3. The molecule has 1 aromatic heterocycles. The van der Waals surface area contributed by atoms with Gasteiger partial charge in [-0.15, -0.1) is 0 Å². The van der Waals surface area contributed by atoms with Crippen molar-refractivity contribution in [3.05, 3.63) is 47.0 Å². The molecule has 0 fully saturated rings. The zero-order valence-electron chi connectivity index (χ0n) is 9.88. The Morgan fingerprint density at radius 2 is 2.33 bits per heavy atom. The Hall–Kier alpha value is -1.62. The SMILES string of the molecule is CC1CN=C(c2cn(-c3cccc(Br)c3)cn2)O1. The van der Waals surface area contributed by atoms with Gasteiger partial charge < -0.3 is 9.30 Å². The van der Waals surface area contributed by atoms with Crippen LogP contribution in [0.2, 0.25) is 0 Å². The van der Waals surface area contributed by atoms with Crippen LogP contribution in [0.5, 0.6) is 0 Å². The largest absolute Gasteiger partial charge is 0.471 e. The summed E-state index contributed by atoms with van der Waals surface area (Å²) >= 11 is 3.46. The zero-order chi connectivity index (χ0) is 12.5. The second kappa shape index (κ2) is 4.57. The molecular formula is C13H12BrN3O. The van der Waals surface area contributed by atoms with E-state index >= 15 is 0 Å². The summed E-state index contributed by atoms with van der Waals surface area (Å²) in [6.45, 7) is 2.71. The highest BCUT2D eigenvalue weighted by atomic mass is 79.9. The maximum atomic E-state index is 5.59. The van der Waals surface area contributed by atoms with Gasteiger partial charge in [0.2, 0.25) is 5.90 Å². The second-order valence-electron chi connectivity index (χ2n) is 4.22. The Balaban J connectivity index is 1.90. The molecule has 18 heavy (non-hydrogen) atoms. The average molecular weight is 306 g/mol. The first kappa shape index (κ1) is 11.5. The van der Waals surface area contributed by atoms with Crippen LogP contribution in [0.1, 0.15) is 12.6 Å². The van der Waals surface area contributed by atoms with Crippen LogP contribution >= 0.6 is 15.9 Å². The average Bonchev–Trinajstić information content (AvgIpc) is 2.97. The lowest BCUT2D eigenvalue weighted by Gasteiger charge is -2.03. The van der Waals surface area contributed by atoms with Gasteiger partial charge in [0.05, 0.1) is 6.54 Å². The fourth-order valence-corrected chi connectivity index (χ4v) is 2.22. The number of halogens is 1. The summed E-state index contributed by atoms with van der Waals surface area (Å²) in [6, 6.07) is 8.04. The van der Waals surface area contributed by atoms with Crippen molar-refractivity contribution < 1.29 is 4.74 Å². The molecule has 0 spiro atoms. The number of ether oxygens (including phenoxy) is 1. The maximum absolute atomic E-state index is 5.59. The van der Waals surface area contributed by atoms with Gasteiger partial charge in [-0.3, -0.25) is 0 Å². The molecular weight excluding hydrogens is 294 g/mol. The summed E-state index contributed by atoms with van der Waals surface area (Å²) in [7, 11) is 0. The molecule has 0 radical (unpaired) electrons. The molecule has 1 atom stereocenters. The molecule has 2 aromatic rings. The molecule has 1 aromatic carbocycles. The predicted octanol–water partition coefficient (Wildman–Crippen LogP) is 2.80. The third-order valence-corrected chi connectivity index (χ3v) is 3.21. The molecule has 2 heterocycles. The summed E-state index contributed by atoms with van der Waals surface area (Å²) in [5.74, 6) is 0.635. The van der Waals surface area contributed by atoms with Crippen molar-refractivity contribution in [3.8, 4) is 5.69 Å². The van der Waals surface area contributed by atoms with Crippen LogP contribution in [0.15, 0.2) is 46.3 Å². The third kappa shape index (κ3) is 2.18. The van der Waals surface area contributed by atoms with E-state index in [1.54, 1.807) is 6.33 Å². The van der Waals surface area contributed by atoms with Crippen molar-refractivity contribution >= 4 is 21.8 Å². The van der Waals surface area contributed by atoms with Crippen LogP contribution in [0.25, 0.3) is 5.69 Å². The highest BCUT2D eigenvalue weighted by Gasteiger charge is 2.18. The van der Waals surface area contributed by atoms with Crippen LogP contribution in [0, 0.1) is 0 Å². The number of nitrogens with zero attached hydrogens (tertiary/aromatic N) is 3. The fraction of sp³-hybridized carbons (Fsp3) is 0.231. The summed E-state index contributed by atoms with van der Waals surface area (Å²) < 4.78 is 8.58. The summed E-state index contributed by atoms with van der Waals surface area (Å²) in [5, 5.41) is 0. The molecule has 0 aliphatic carbocycles. The smallest absolute Gasteiger partial charge is 0.237 e. The minimum atomic E-state index is 0.149. The van der Waals surface area contributed by atoms with Gasteiger partial charge >= 0.3 is 0 Å². The van der Waals surface area contributed by atoms with E-state index in [2.05, 4.69) is 25.9 Å². The van der Waals surface area contributed by atoms with Crippen LogP contribution in [0.3, 0.4) is 0 Å². The van der Waals surface area contributed by atoms with Crippen molar-refractivity contribution in [1.82, 2.24) is 9.55 Å². The van der Waals surface area contributed by atoms with Crippen molar-refractivity contribution in [2.75, 3.05) is 6.54 Å². The van der Waals surface area contributed by atoms with Crippen LogP contribution in [-0.4, -0.2) is 28.1 Å². The van der Waals surface area contributed by atoms with Gasteiger partial charge in [0.15, 0.2) is 0 Å². The highest BCUT2D eigenvalue weighted by molar-refractivity contribution is 9.10. The number of imidazole rings is 1. The number of rotatable bonds is 2. The minimum Gasteiger partial charge on any atom is -0.471 e. The van der Waals surface area contributed by atoms with Gasteiger partial charge in [-0.25, -0.2) is 9.98 Å². The first-order valence-electron chi connectivity index (χ1n) is 5.74. The van der Waals surface area contributed by atoms with E-state index in [0.29, 0.717) is 12.4 Å². The molecule has 0 saturated heterocycles. The predicted molar refractivity (Wildman–Crippen MR) is 73.2 cm³/mol. The maximum Gasteiger partial charge on any atom is 0.237 e. The Morgan fingerprint density at radius 3 is 3.06 bits per heavy atom. The van der Waals surface area contributed by atoms with Crippen molar-refractivity contribution in [1.29, 1.82) is 0 Å². The molecule has 4 nitrogen and oxygen atoms in total. The topological polar surface area (TPSA) is 39.4 Å². The lowest BCUT2D eigenvalue weighted by Crippen LogP contribution is -2.08. The molecule has 1 unspecified atom stereocenters. The Kier molecular flexibility index (Phi) is 2.91. The summed E-state index contributed by atoms with van der Waals surface area (Å²) in [6.07, 6.45) is 3.85. The van der Waals surface area contributed by atoms with E-state index in [0.717, 1.165) is 15.9 Å². The molecule has 1 aliphatic rings. The van der Waals surface area contributed by atoms with E-state index in [1.807, 2.05) is 42.0 Å². The second-order valence-corrected chi connectivity index (χ2v) is 5.14. The standard InChI is InChI=1S/C13H12BrN3O/c1-9-6-15-13(18-9)12-7-17(8-16-12)11-4-2-3-10(14)5-11/h2-5,7-9H,6H2,1H3. The monoisotopic (exact) mass is 305 g/mol. The van der Waals surface area contributed by atoms with Crippen LogP contribution < -0.4 is 0 Å². The van der Waals surface area contributed by atoms with E-state index in [1.165, 1.54) is 0 Å². The van der Waals surface area contributed by atoms with Gasteiger partial charge in [-0.05, 0) is 25.1 Å². The van der Waals surface area contributed by atoms with Gasteiger partial charge in [0.25, 0.3) is 0 Å². The van der Waals surface area contributed by atoms with E-state index in [9.17, 15) is 0 Å². The van der Waals surface area contributed by atoms with E-state index in [4.69, 9.17) is 4.74 Å². The van der Waals surface area contributed by atoms with Gasteiger partial charge in [-0.2, -0.15) is 0 Å². The lowest BCUT2D eigenvalue weighted by atomic mass is 10.3.